The van der Waals surface area contributed by atoms with Gasteiger partial charge in [0.05, 0.1) is 25.3 Å². The molecule has 6 heteroatoms. The highest BCUT2D eigenvalue weighted by atomic mass is 16.5. The Bertz CT molecular complexity index is 350. The fraction of sp³-hybridized carbons (Fsp3) is 0.867. The van der Waals surface area contributed by atoms with E-state index in [1.54, 1.807) is 19.0 Å². The molecule has 0 bridgehead atoms. The zero-order valence-electron chi connectivity index (χ0n) is 14.0. The number of rotatable bonds is 6. The van der Waals surface area contributed by atoms with Crippen molar-refractivity contribution in [2.75, 3.05) is 46.8 Å². The molecule has 0 aliphatic carbocycles. The maximum atomic E-state index is 12.4. The Balaban J connectivity index is 2.57. The van der Waals surface area contributed by atoms with E-state index in [4.69, 9.17) is 4.74 Å². The number of amides is 2. The molecular formula is C15H29N3O3. The number of carbonyl (C=O) groups excluding carboxylic acids is 2. The topological polar surface area (TPSA) is 53.1 Å². The fourth-order valence-electron chi connectivity index (χ4n) is 2.54. The quantitative estimate of drug-likeness (QED) is 0.713. The molecule has 0 N–H and O–H groups in total. The van der Waals surface area contributed by atoms with E-state index in [-0.39, 0.29) is 24.0 Å². The van der Waals surface area contributed by atoms with Crippen LogP contribution in [-0.2, 0) is 14.3 Å². The van der Waals surface area contributed by atoms with E-state index >= 15 is 0 Å². The second-order valence-corrected chi connectivity index (χ2v) is 6.05. The lowest BCUT2D eigenvalue weighted by molar-refractivity contribution is -0.145. The number of nitrogens with zero attached hydrogens (tertiary/aromatic N) is 3. The van der Waals surface area contributed by atoms with Crippen molar-refractivity contribution < 1.29 is 14.3 Å². The average Bonchev–Trinajstić information content (AvgIpc) is 2.37. The van der Waals surface area contributed by atoms with Crippen molar-refractivity contribution in [3.8, 4) is 0 Å². The van der Waals surface area contributed by atoms with Crippen molar-refractivity contribution in [2.45, 2.75) is 39.4 Å². The minimum absolute atomic E-state index is 0.0277. The lowest BCUT2D eigenvalue weighted by Gasteiger charge is -2.36. The highest BCUT2D eigenvalue weighted by molar-refractivity contribution is 5.81. The second-order valence-electron chi connectivity index (χ2n) is 6.05. The first-order valence-corrected chi connectivity index (χ1v) is 7.69. The van der Waals surface area contributed by atoms with Crippen LogP contribution in [0.15, 0.2) is 0 Å². The minimum Gasteiger partial charge on any atom is -0.372 e. The van der Waals surface area contributed by atoms with Crippen LogP contribution in [0, 0.1) is 0 Å². The summed E-state index contributed by atoms with van der Waals surface area (Å²) in [5, 5.41) is 0. The summed E-state index contributed by atoms with van der Waals surface area (Å²) in [7, 11) is 3.47. The molecule has 0 radical (unpaired) electrons. The molecule has 0 aromatic carbocycles. The van der Waals surface area contributed by atoms with E-state index in [9.17, 15) is 9.59 Å². The van der Waals surface area contributed by atoms with Crippen LogP contribution >= 0.6 is 0 Å². The van der Waals surface area contributed by atoms with Gasteiger partial charge in [-0.1, -0.05) is 6.92 Å². The molecule has 1 rings (SSSR count). The molecule has 0 spiro atoms. The third-order valence-electron chi connectivity index (χ3n) is 3.53. The molecule has 2 amide bonds. The van der Waals surface area contributed by atoms with Crippen molar-refractivity contribution in [3.63, 3.8) is 0 Å². The van der Waals surface area contributed by atoms with E-state index in [1.165, 1.54) is 0 Å². The molecule has 1 fully saturated rings. The number of hydrogen-bond donors (Lipinski definition) is 0. The Labute approximate surface area is 128 Å². The first kappa shape index (κ1) is 17.9. The van der Waals surface area contributed by atoms with Gasteiger partial charge in [-0.3, -0.25) is 14.5 Å². The summed E-state index contributed by atoms with van der Waals surface area (Å²) in [5.74, 6) is 0.108. The molecular weight excluding hydrogens is 270 g/mol. The zero-order chi connectivity index (χ0) is 16.0. The van der Waals surface area contributed by atoms with E-state index in [2.05, 4.69) is 6.92 Å². The predicted molar refractivity (Wildman–Crippen MR) is 82.0 cm³/mol. The van der Waals surface area contributed by atoms with Gasteiger partial charge in [0.1, 0.15) is 0 Å². The minimum atomic E-state index is 0.0277. The molecule has 0 aromatic heterocycles. The van der Waals surface area contributed by atoms with Gasteiger partial charge < -0.3 is 14.5 Å². The van der Waals surface area contributed by atoms with E-state index in [1.807, 2.05) is 23.6 Å². The summed E-state index contributed by atoms with van der Waals surface area (Å²) in [6.07, 6.45) is 1.06. The van der Waals surface area contributed by atoms with E-state index in [0.29, 0.717) is 26.2 Å². The molecule has 1 heterocycles. The van der Waals surface area contributed by atoms with Gasteiger partial charge in [-0.2, -0.15) is 0 Å². The second kappa shape index (κ2) is 8.34. The van der Waals surface area contributed by atoms with Crippen LogP contribution in [-0.4, -0.2) is 85.5 Å². The van der Waals surface area contributed by atoms with Crippen molar-refractivity contribution in [2.24, 2.45) is 0 Å². The van der Waals surface area contributed by atoms with Crippen molar-refractivity contribution in [1.82, 2.24) is 14.7 Å². The summed E-state index contributed by atoms with van der Waals surface area (Å²) in [4.78, 5) is 29.6. The lowest BCUT2D eigenvalue weighted by Crippen LogP contribution is -2.51. The smallest absolute Gasteiger partial charge is 0.236 e. The molecule has 6 nitrogen and oxygen atoms in total. The first-order chi connectivity index (χ1) is 9.83. The Morgan fingerprint density at radius 2 is 1.71 bits per heavy atom. The van der Waals surface area contributed by atoms with Crippen LogP contribution in [0.25, 0.3) is 0 Å². The van der Waals surface area contributed by atoms with E-state index in [0.717, 1.165) is 13.0 Å². The largest absolute Gasteiger partial charge is 0.372 e. The SMILES string of the molecule is CCCN(CC(=O)N(C)C)CC(=O)N1CC(C)OC(C)C1. The Morgan fingerprint density at radius 3 is 2.19 bits per heavy atom. The molecule has 2 atom stereocenters. The lowest BCUT2D eigenvalue weighted by atomic mass is 10.2. The summed E-state index contributed by atoms with van der Waals surface area (Å²) in [6.45, 7) is 8.62. The van der Waals surface area contributed by atoms with Gasteiger partial charge in [-0.15, -0.1) is 0 Å². The van der Waals surface area contributed by atoms with Crippen LogP contribution < -0.4 is 0 Å². The maximum Gasteiger partial charge on any atom is 0.236 e. The molecule has 0 aromatic rings. The normalized spacial score (nSPS) is 22.5. The number of carbonyl (C=O) groups is 2. The summed E-state index contributed by atoms with van der Waals surface area (Å²) < 4.78 is 5.65. The third kappa shape index (κ3) is 6.01. The number of morpholine rings is 1. The van der Waals surface area contributed by atoms with Gasteiger partial charge in [0.2, 0.25) is 11.8 Å². The fourth-order valence-corrected chi connectivity index (χ4v) is 2.54. The molecule has 2 unspecified atom stereocenters. The molecule has 21 heavy (non-hydrogen) atoms. The molecule has 1 saturated heterocycles. The van der Waals surface area contributed by atoms with Crippen molar-refractivity contribution in [1.29, 1.82) is 0 Å². The predicted octanol–water partition coefficient (Wildman–Crippen LogP) is 0.422. The van der Waals surface area contributed by atoms with Crippen LogP contribution in [0.5, 0.6) is 0 Å². The van der Waals surface area contributed by atoms with Gasteiger partial charge in [-0.25, -0.2) is 0 Å². The van der Waals surface area contributed by atoms with Crippen LogP contribution in [0.3, 0.4) is 0 Å². The van der Waals surface area contributed by atoms with Crippen molar-refractivity contribution in [3.05, 3.63) is 0 Å². The monoisotopic (exact) mass is 299 g/mol. The summed E-state index contributed by atoms with van der Waals surface area (Å²) in [6, 6.07) is 0. The van der Waals surface area contributed by atoms with Crippen LogP contribution in [0.2, 0.25) is 0 Å². The van der Waals surface area contributed by atoms with Gasteiger partial charge in [0.25, 0.3) is 0 Å². The van der Waals surface area contributed by atoms with Crippen LogP contribution in [0.4, 0.5) is 0 Å². The number of hydrogen-bond acceptors (Lipinski definition) is 4. The molecule has 122 valence electrons. The summed E-state index contributed by atoms with van der Waals surface area (Å²) in [5.41, 5.74) is 0. The molecule has 1 aliphatic heterocycles. The maximum absolute atomic E-state index is 12.4. The van der Waals surface area contributed by atoms with Gasteiger partial charge >= 0.3 is 0 Å². The highest BCUT2D eigenvalue weighted by Crippen LogP contribution is 2.11. The van der Waals surface area contributed by atoms with Crippen LogP contribution in [0.1, 0.15) is 27.2 Å². The summed E-state index contributed by atoms with van der Waals surface area (Å²) >= 11 is 0. The third-order valence-corrected chi connectivity index (χ3v) is 3.53. The standard InChI is InChI=1S/C15H29N3O3/c1-6-7-17(10-14(19)16(4)5)11-15(20)18-8-12(2)21-13(3)9-18/h12-13H,6-11H2,1-5H3. The zero-order valence-corrected chi connectivity index (χ0v) is 14.0. The highest BCUT2D eigenvalue weighted by Gasteiger charge is 2.27. The van der Waals surface area contributed by atoms with Gasteiger partial charge in [0.15, 0.2) is 0 Å². The first-order valence-electron chi connectivity index (χ1n) is 7.69. The molecule has 0 saturated carbocycles. The Hall–Kier alpha value is -1.14. The average molecular weight is 299 g/mol. The number of ether oxygens (including phenoxy) is 1. The van der Waals surface area contributed by atoms with Gasteiger partial charge in [0, 0.05) is 27.2 Å². The Kier molecular flexibility index (Phi) is 7.11. The number of likely N-dealkylation sites (N-methyl/N-ethyl adjacent to an activating group) is 1. The van der Waals surface area contributed by atoms with Gasteiger partial charge in [-0.05, 0) is 26.8 Å². The molecule has 1 aliphatic rings. The Morgan fingerprint density at radius 1 is 1.14 bits per heavy atom. The van der Waals surface area contributed by atoms with Crippen molar-refractivity contribution >= 4 is 11.8 Å². The van der Waals surface area contributed by atoms with E-state index < -0.39 is 0 Å².